The van der Waals surface area contributed by atoms with Crippen molar-refractivity contribution in [3.8, 4) is 5.95 Å². The Morgan fingerprint density at radius 2 is 2.19 bits per heavy atom. The summed E-state index contributed by atoms with van der Waals surface area (Å²) >= 11 is 0. The van der Waals surface area contributed by atoms with Crippen LogP contribution in [0.5, 0.6) is 0 Å². The van der Waals surface area contributed by atoms with Gasteiger partial charge >= 0.3 is 5.97 Å². The number of halogens is 1. The van der Waals surface area contributed by atoms with E-state index in [1.165, 1.54) is 24.7 Å². The molecule has 0 aliphatic heterocycles. The summed E-state index contributed by atoms with van der Waals surface area (Å²) in [5, 5.41) is 12.8. The summed E-state index contributed by atoms with van der Waals surface area (Å²) in [6, 6.07) is 6.04. The van der Waals surface area contributed by atoms with Gasteiger partial charge in [0.25, 0.3) is 5.56 Å². The molecule has 0 radical (unpaired) electrons. The topological polar surface area (TPSA) is 119 Å². The van der Waals surface area contributed by atoms with Gasteiger partial charge in [0.05, 0.1) is 18.1 Å². The van der Waals surface area contributed by atoms with Gasteiger partial charge < -0.3 is 9.67 Å². The summed E-state index contributed by atoms with van der Waals surface area (Å²) in [5.74, 6) is -1.46. The molecule has 0 amide bonds. The highest BCUT2D eigenvalue weighted by Crippen LogP contribution is 2.12. The maximum absolute atomic E-state index is 13.3. The van der Waals surface area contributed by atoms with E-state index in [4.69, 9.17) is 5.11 Å². The number of nitrogens with zero attached hydrogens (tertiary/aromatic N) is 5. The lowest BCUT2D eigenvalue weighted by molar-refractivity contribution is 0.0697. The van der Waals surface area contributed by atoms with Gasteiger partial charge in [-0.15, -0.1) is 0 Å². The zero-order valence-electron chi connectivity index (χ0n) is 13.1. The number of aromatic nitrogens is 6. The van der Waals surface area contributed by atoms with Crippen molar-refractivity contribution in [1.29, 1.82) is 0 Å². The minimum Gasteiger partial charge on any atom is -0.478 e. The Bertz CT molecular complexity index is 1190. The number of fused-ring (bicyclic) bond motifs is 1. The van der Waals surface area contributed by atoms with Crippen LogP contribution in [-0.4, -0.2) is 40.4 Å². The van der Waals surface area contributed by atoms with E-state index in [0.29, 0.717) is 5.56 Å². The second-order valence-electron chi connectivity index (χ2n) is 5.54. The molecule has 26 heavy (non-hydrogen) atoms. The summed E-state index contributed by atoms with van der Waals surface area (Å²) < 4.78 is 16.0. The largest absolute Gasteiger partial charge is 0.478 e. The minimum atomic E-state index is -1.14. The minimum absolute atomic E-state index is 0.0376. The molecule has 4 rings (SSSR count). The Hall–Kier alpha value is -3.82. The van der Waals surface area contributed by atoms with Crippen LogP contribution >= 0.6 is 0 Å². The maximum atomic E-state index is 13.3. The van der Waals surface area contributed by atoms with Gasteiger partial charge in [-0.3, -0.25) is 9.78 Å². The first-order chi connectivity index (χ1) is 12.5. The van der Waals surface area contributed by atoms with Gasteiger partial charge in [0, 0.05) is 12.7 Å². The molecular formula is C16H11FN6O3. The van der Waals surface area contributed by atoms with Crippen molar-refractivity contribution >= 4 is 17.1 Å². The van der Waals surface area contributed by atoms with Crippen LogP contribution in [0.3, 0.4) is 0 Å². The Balaban J connectivity index is 1.75. The highest BCUT2D eigenvalue weighted by atomic mass is 19.1. The first-order valence-electron chi connectivity index (χ1n) is 7.49. The number of carboxylic acid groups (broad SMARTS) is 1. The van der Waals surface area contributed by atoms with Crippen LogP contribution in [0.4, 0.5) is 4.39 Å². The number of aromatic amines is 1. The number of H-pyrrole nitrogens is 1. The van der Waals surface area contributed by atoms with E-state index in [1.54, 1.807) is 16.7 Å². The van der Waals surface area contributed by atoms with E-state index in [-0.39, 0.29) is 35.0 Å². The number of imidazole rings is 1. The molecule has 10 heteroatoms. The molecule has 130 valence electrons. The van der Waals surface area contributed by atoms with Crippen molar-refractivity contribution in [2.24, 2.45) is 0 Å². The van der Waals surface area contributed by atoms with E-state index in [1.807, 2.05) is 0 Å². The number of hydrogen-bond acceptors (Lipinski definition) is 5. The van der Waals surface area contributed by atoms with Gasteiger partial charge in [-0.1, -0.05) is 12.1 Å². The SMILES string of the molecule is O=C(O)c1cnn(-c2nc3ncn(Cc4cccc(F)c4)c3c(=O)[nH]2)c1. The Morgan fingerprint density at radius 3 is 2.92 bits per heavy atom. The molecule has 2 N–H and O–H groups in total. The standard InChI is InChI=1S/C16H11FN6O3/c17-11-3-1-2-9(4-11)6-22-8-18-13-12(22)14(24)21-16(20-13)23-7-10(5-19-23)15(25)26/h1-5,7-8H,6H2,(H,25,26)(H,20,21,24). The third kappa shape index (κ3) is 2.73. The summed E-state index contributed by atoms with van der Waals surface area (Å²) in [5.41, 5.74) is 0.567. The summed E-state index contributed by atoms with van der Waals surface area (Å²) in [6.07, 6.45) is 3.82. The molecule has 1 aromatic carbocycles. The predicted octanol–water partition coefficient (Wildman–Crippen LogP) is 1.19. The van der Waals surface area contributed by atoms with Crippen LogP contribution in [0, 0.1) is 5.82 Å². The molecule has 0 spiro atoms. The van der Waals surface area contributed by atoms with E-state index in [0.717, 1.165) is 10.9 Å². The number of benzene rings is 1. The van der Waals surface area contributed by atoms with Crippen molar-refractivity contribution in [3.63, 3.8) is 0 Å². The van der Waals surface area contributed by atoms with Crippen molar-refractivity contribution in [2.45, 2.75) is 6.54 Å². The molecule has 0 aliphatic carbocycles. The molecule has 0 fully saturated rings. The molecule has 0 saturated heterocycles. The third-order valence-corrected chi connectivity index (χ3v) is 3.76. The number of nitrogens with one attached hydrogen (secondary N) is 1. The molecular weight excluding hydrogens is 343 g/mol. The molecule has 9 nitrogen and oxygen atoms in total. The Morgan fingerprint density at radius 1 is 1.35 bits per heavy atom. The lowest BCUT2D eigenvalue weighted by Crippen LogP contribution is -2.16. The van der Waals surface area contributed by atoms with Gasteiger partial charge in [-0.25, -0.2) is 18.9 Å². The second kappa shape index (κ2) is 5.92. The average Bonchev–Trinajstić information content (AvgIpc) is 3.22. The van der Waals surface area contributed by atoms with Gasteiger partial charge in [0.2, 0.25) is 5.95 Å². The van der Waals surface area contributed by atoms with Crippen LogP contribution in [0.25, 0.3) is 17.1 Å². The number of aromatic carboxylic acids is 1. The van der Waals surface area contributed by atoms with Crippen LogP contribution in [0.1, 0.15) is 15.9 Å². The molecule has 0 aliphatic rings. The van der Waals surface area contributed by atoms with Crippen LogP contribution in [-0.2, 0) is 6.54 Å². The smallest absolute Gasteiger partial charge is 0.338 e. The number of hydrogen-bond donors (Lipinski definition) is 2. The molecule has 3 heterocycles. The fourth-order valence-corrected chi connectivity index (χ4v) is 2.58. The van der Waals surface area contributed by atoms with Crippen molar-refractivity contribution < 1.29 is 14.3 Å². The molecule has 0 saturated carbocycles. The van der Waals surface area contributed by atoms with Crippen LogP contribution in [0.15, 0.2) is 47.8 Å². The summed E-state index contributed by atoms with van der Waals surface area (Å²) in [6.45, 7) is 0.253. The average molecular weight is 354 g/mol. The fraction of sp³-hybridized carbons (Fsp3) is 0.0625. The zero-order chi connectivity index (χ0) is 18.3. The maximum Gasteiger partial charge on any atom is 0.338 e. The molecule has 0 atom stereocenters. The Labute approximate surface area is 144 Å². The van der Waals surface area contributed by atoms with Crippen molar-refractivity contribution in [2.75, 3.05) is 0 Å². The van der Waals surface area contributed by atoms with Gasteiger partial charge in [0.15, 0.2) is 11.2 Å². The number of carbonyl (C=O) groups is 1. The quantitative estimate of drug-likeness (QED) is 0.568. The first-order valence-corrected chi connectivity index (χ1v) is 7.49. The first kappa shape index (κ1) is 15.7. The fourth-order valence-electron chi connectivity index (χ4n) is 2.58. The molecule has 0 unspecified atom stereocenters. The summed E-state index contributed by atoms with van der Waals surface area (Å²) in [4.78, 5) is 34.3. The van der Waals surface area contributed by atoms with Crippen molar-refractivity contribution in [1.82, 2.24) is 29.3 Å². The lowest BCUT2D eigenvalue weighted by Gasteiger charge is -2.05. The number of carboxylic acids is 1. The molecule has 0 bridgehead atoms. The van der Waals surface area contributed by atoms with E-state index in [2.05, 4.69) is 20.1 Å². The normalized spacial score (nSPS) is 11.1. The van der Waals surface area contributed by atoms with Crippen LogP contribution < -0.4 is 5.56 Å². The van der Waals surface area contributed by atoms with E-state index in [9.17, 15) is 14.0 Å². The second-order valence-corrected chi connectivity index (χ2v) is 5.54. The zero-order valence-corrected chi connectivity index (χ0v) is 13.1. The van der Waals surface area contributed by atoms with E-state index < -0.39 is 11.5 Å². The highest BCUT2D eigenvalue weighted by Gasteiger charge is 2.14. The number of rotatable bonds is 4. The highest BCUT2D eigenvalue weighted by molar-refractivity contribution is 5.86. The predicted molar refractivity (Wildman–Crippen MR) is 87.7 cm³/mol. The monoisotopic (exact) mass is 354 g/mol. The van der Waals surface area contributed by atoms with Gasteiger partial charge in [-0.2, -0.15) is 10.1 Å². The molecule has 4 aromatic rings. The van der Waals surface area contributed by atoms with Crippen LogP contribution in [0.2, 0.25) is 0 Å². The van der Waals surface area contributed by atoms with Gasteiger partial charge in [-0.05, 0) is 17.7 Å². The molecule has 3 aromatic heterocycles. The van der Waals surface area contributed by atoms with Gasteiger partial charge in [0.1, 0.15) is 5.82 Å². The van der Waals surface area contributed by atoms with Crippen molar-refractivity contribution in [3.05, 3.63) is 70.3 Å². The third-order valence-electron chi connectivity index (χ3n) is 3.76. The van der Waals surface area contributed by atoms with E-state index >= 15 is 0 Å². The summed E-state index contributed by atoms with van der Waals surface area (Å²) in [7, 11) is 0. The lowest BCUT2D eigenvalue weighted by atomic mass is 10.2. The Kier molecular flexibility index (Phi) is 3.57.